The van der Waals surface area contributed by atoms with E-state index >= 15 is 0 Å². The third-order valence-electron chi connectivity index (χ3n) is 7.35. The van der Waals surface area contributed by atoms with Crippen LogP contribution < -0.4 is 4.74 Å². The van der Waals surface area contributed by atoms with E-state index in [1.807, 2.05) is 18.2 Å². The molecule has 0 atom stereocenters. The van der Waals surface area contributed by atoms with E-state index in [-0.39, 0.29) is 5.75 Å². The molecule has 0 aliphatic carbocycles. The van der Waals surface area contributed by atoms with Crippen LogP contribution in [0.15, 0.2) is 72.9 Å². The van der Waals surface area contributed by atoms with Crippen molar-refractivity contribution in [3.05, 3.63) is 89.1 Å². The Bertz CT molecular complexity index is 1390. The van der Waals surface area contributed by atoms with Crippen LogP contribution in [0.25, 0.3) is 22.0 Å². The molecule has 39 heavy (non-hydrogen) atoms. The van der Waals surface area contributed by atoms with Gasteiger partial charge in [0, 0.05) is 73.5 Å². The number of nitrogens with zero attached hydrogens (tertiary/aromatic N) is 3. The van der Waals surface area contributed by atoms with E-state index in [1.165, 1.54) is 17.7 Å². The molecular formula is C31H33ClF3N3O. The van der Waals surface area contributed by atoms with Gasteiger partial charge in [0.1, 0.15) is 5.75 Å². The summed E-state index contributed by atoms with van der Waals surface area (Å²) in [4.78, 5) is 4.92. The van der Waals surface area contributed by atoms with Crippen LogP contribution in [0.2, 0.25) is 5.02 Å². The molecule has 0 amide bonds. The Morgan fingerprint density at radius 2 is 1.46 bits per heavy atom. The van der Waals surface area contributed by atoms with Gasteiger partial charge in [-0.25, -0.2) is 0 Å². The van der Waals surface area contributed by atoms with Gasteiger partial charge in [-0.3, -0.25) is 9.80 Å². The third-order valence-corrected chi connectivity index (χ3v) is 7.72. The third kappa shape index (κ3) is 6.78. The van der Waals surface area contributed by atoms with Gasteiger partial charge in [0.2, 0.25) is 0 Å². The smallest absolute Gasteiger partial charge is 0.406 e. The van der Waals surface area contributed by atoms with E-state index in [4.69, 9.17) is 11.6 Å². The molecule has 5 rings (SSSR count). The van der Waals surface area contributed by atoms with E-state index in [0.29, 0.717) is 0 Å². The van der Waals surface area contributed by atoms with Crippen LogP contribution in [0.3, 0.4) is 0 Å². The molecule has 1 saturated heterocycles. The van der Waals surface area contributed by atoms with Gasteiger partial charge in [0.05, 0.1) is 0 Å². The maximum absolute atomic E-state index is 12.7. The Morgan fingerprint density at radius 3 is 2.10 bits per heavy atom. The SMILES string of the molecule is CCCCn1cc(-c2ccc(OC(F)(F)F)cc2)c2c(CN3CCN(Cc4ccccc4Cl)CC3)cccc21. The number of fused-ring (bicyclic) bond motifs is 1. The first-order valence-corrected chi connectivity index (χ1v) is 13.8. The number of alkyl halides is 3. The molecular weight excluding hydrogens is 523 g/mol. The number of benzene rings is 3. The molecule has 1 aliphatic rings. The normalized spacial score (nSPS) is 15.2. The van der Waals surface area contributed by atoms with E-state index in [0.717, 1.165) is 91.3 Å². The van der Waals surface area contributed by atoms with Crippen molar-refractivity contribution < 1.29 is 17.9 Å². The minimum absolute atomic E-state index is 0.212. The largest absolute Gasteiger partial charge is 0.573 e. The second-order valence-electron chi connectivity index (χ2n) is 10.1. The monoisotopic (exact) mass is 555 g/mol. The quantitative estimate of drug-likeness (QED) is 0.209. The minimum atomic E-state index is -4.71. The summed E-state index contributed by atoms with van der Waals surface area (Å²) in [6, 6.07) is 20.6. The van der Waals surface area contributed by atoms with Gasteiger partial charge in [-0.2, -0.15) is 0 Å². The number of unbranched alkanes of at least 4 members (excludes halogenated alkanes) is 1. The van der Waals surface area contributed by atoms with Gasteiger partial charge in [-0.15, -0.1) is 13.2 Å². The molecule has 8 heteroatoms. The number of halogens is 4. The van der Waals surface area contributed by atoms with Gasteiger partial charge in [0.25, 0.3) is 0 Å². The minimum Gasteiger partial charge on any atom is -0.406 e. The van der Waals surface area contributed by atoms with E-state index in [1.54, 1.807) is 12.1 Å². The topological polar surface area (TPSA) is 20.6 Å². The highest BCUT2D eigenvalue weighted by Crippen LogP contribution is 2.36. The second kappa shape index (κ2) is 12.0. The molecule has 1 fully saturated rings. The van der Waals surface area contributed by atoms with Crippen molar-refractivity contribution >= 4 is 22.5 Å². The van der Waals surface area contributed by atoms with Crippen LogP contribution in [-0.4, -0.2) is 46.9 Å². The van der Waals surface area contributed by atoms with Crippen molar-refractivity contribution in [2.75, 3.05) is 26.2 Å². The first kappa shape index (κ1) is 27.6. The van der Waals surface area contributed by atoms with Crippen LogP contribution in [0.4, 0.5) is 13.2 Å². The van der Waals surface area contributed by atoms with Crippen LogP contribution in [-0.2, 0) is 19.6 Å². The molecule has 1 aliphatic heterocycles. The zero-order valence-electron chi connectivity index (χ0n) is 22.1. The summed E-state index contributed by atoms with van der Waals surface area (Å²) in [5, 5.41) is 1.97. The fourth-order valence-corrected chi connectivity index (χ4v) is 5.54. The number of rotatable bonds is 9. The number of aromatic nitrogens is 1. The van der Waals surface area contributed by atoms with Crippen LogP contribution >= 0.6 is 11.6 Å². The predicted octanol–water partition coefficient (Wildman–Crippen LogP) is 7.98. The standard InChI is InChI=1S/C31H33ClF3N3O/c1-2-3-15-38-22-27(23-11-13-26(14-12-23)39-31(33,34)35)30-25(8-6-10-29(30)38)21-37-18-16-36(17-19-37)20-24-7-4-5-9-28(24)32/h4-14,22H,2-3,15-21H2,1H3. The lowest BCUT2D eigenvalue weighted by molar-refractivity contribution is -0.274. The van der Waals surface area contributed by atoms with Gasteiger partial charge < -0.3 is 9.30 Å². The van der Waals surface area contributed by atoms with Crippen molar-refractivity contribution in [2.24, 2.45) is 0 Å². The number of aryl methyl sites for hydroxylation is 1. The number of hydrogen-bond donors (Lipinski definition) is 0. The Hall–Kier alpha value is -3.00. The maximum atomic E-state index is 12.7. The van der Waals surface area contributed by atoms with Gasteiger partial charge in [0.15, 0.2) is 0 Å². The van der Waals surface area contributed by atoms with E-state index in [9.17, 15) is 13.2 Å². The maximum Gasteiger partial charge on any atom is 0.573 e. The summed E-state index contributed by atoms with van der Waals surface area (Å²) >= 11 is 6.37. The predicted molar refractivity (Wildman–Crippen MR) is 151 cm³/mol. The molecule has 4 aromatic rings. The van der Waals surface area contributed by atoms with Crippen LogP contribution in [0.1, 0.15) is 30.9 Å². The first-order chi connectivity index (χ1) is 18.8. The van der Waals surface area contributed by atoms with E-state index in [2.05, 4.69) is 56.5 Å². The van der Waals surface area contributed by atoms with Crippen molar-refractivity contribution in [3.8, 4) is 16.9 Å². The zero-order chi connectivity index (χ0) is 27.4. The molecule has 3 aromatic carbocycles. The highest BCUT2D eigenvalue weighted by molar-refractivity contribution is 6.31. The Morgan fingerprint density at radius 1 is 0.821 bits per heavy atom. The van der Waals surface area contributed by atoms with Crippen LogP contribution in [0.5, 0.6) is 5.75 Å². The van der Waals surface area contributed by atoms with Crippen molar-refractivity contribution in [1.82, 2.24) is 14.4 Å². The molecule has 0 unspecified atom stereocenters. The Balaban J connectivity index is 1.37. The highest BCUT2D eigenvalue weighted by Gasteiger charge is 2.31. The summed E-state index contributed by atoms with van der Waals surface area (Å²) in [5.41, 5.74) is 5.45. The molecule has 2 heterocycles. The van der Waals surface area contributed by atoms with Gasteiger partial charge in [-0.05, 0) is 47.4 Å². The molecule has 0 bridgehead atoms. The van der Waals surface area contributed by atoms with Crippen molar-refractivity contribution in [1.29, 1.82) is 0 Å². The highest BCUT2D eigenvalue weighted by atomic mass is 35.5. The average Bonchev–Trinajstić information content (AvgIpc) is 3.29. The lowest BCUT2D eigenvalue weighted by Crippen LogP contribution is -2.45. The molecule has 0 radical (unpaired) electrons. The summed E-state index contributed by atoms with van der Waals surface area (Å²) in [6.07, 6.45) is -0.428. The van der Waals surface area contributed by atoms with Crippen molar-refractivity contribution in [2.45, 2.75) is 45.8 Å². The van der Waals surface area contributed by atoms with Gasteiger partial charge in [-0.1, -0.05) is 67.4 Å². The zero-order valence-corrected chi connectivity index (χ0v) is 22.8. The van der Waals surface area contributed by atoms with Crippen LogP contribution in [0, 0.1) is 0 Å². The molecule has 0 N–H and O–H groups in total. The summed E-state index contributed by atoms with van der Waals surface area (Å²) in [6.45, 7) is 8.57. The lowest BCUT2D eigenvalue weighted by Gasteiger charge is -2.35. The Labute approximate surface area is 232 Å². The fourth-order valence-electron chi connectivity index (χ4n) is 5.34. The van der Waals surface area contributed by atoms with Gasteiger partial charge >= 0.3 is 6.36 Å². The summed E-state index contributed by atoms with van der Waals surface area (Å²) < 4.78 is 44.4. The Kier molecular flexibility index (Phi) is 8.50. The average molecular weight is 556 g/mol. The summed E-state index contributed by atoms with van der Waals surface area (Å²) in [5.74, 6) is -0.212. The molecule has 1 aromatic heterocycles. The van der Waals surface area contributed by atoms with E-state index < -0.39 is 6.36 Å². The summed E-state index contributed by atoms with van der Waals surface area (Å²) in [7, 11) is 0. The fraction of sp³-hybridized carbons (Fsp3) is 0.355. The molecule has 206 valence electrons. The number of ether oxygens (including phenoxy) is 1. The molecule has 0 spiro atoms. The first-order valence-electron chi connectivity index (χ1n) is 13.5. The lowest BCUT2D eigenvalue weighted by atomic mass is 10.00. The second-order valence-corrected chi connectivity index (χ2v) is 10.5. The van der Waals surface area contributed by atoms with Crippen molar-refractivity contribution in [3.63, 3.8) is 0 Å². The molecule has 0 saturated carbocycles. The number of hydrogen-bond acceptors (Lipinski definition) is 3. The molecule has 4 nitrogen and oxygen atoms in total. The number of piperazine rings is 1.